The van der Waals surface area contributed by atoms with Crippen molar-refractivity contribution in [3.63, 3.8) is 0 Å². The Morgan fingerprint density at radius 1 is 0.500 bits per heavy atom. The Morgan fingerprint density at radius 3 is 0.500 bits per heavy atom. The van der Waals surface area contributed by atoms with E-state index in [9.17, 15) is 0 Å². The van der Waals surface area contributed by atoms with E-state index in [-0.39, 0.29) is 58.2 Å². The maximum absolute atomic E-state index is 0. The van der Waals surface area contributed by atoms with Gasteiger partial charge in [0.15, 0.2) is 0 Å². The Balaban J connectivity index is 0. The minimum atomic E-state index is 0. The number of hydrogen-bond donors (Lipinski definition) is 0. The van der Waals surface area contributed by atoms with Crippen LogP contribution in [0.15, 0.2) is 0 Å². The molecule has 6 N–H and O–H groups in total. The Labute approximate surface area is 57.7 Å². The molecule has 0 aliphatic carbocycles. The van der Waals surface area contributed by atoms with E-state index in [1.165, 1.54) is 0 Å². The van der Waals surface area contributed by atoms with Crippen molar-refractivity contribution in [2.45, 2.75) is 0 Å². The van der Waals surface area contributed by atoms with E-state index >= 15 is 0 Å². The summed E-state index contributed by atoms with van der Waals surface area (Å²) in [5.41, 5.74) is 0. The van der Waals surface area contributed by atoms with Crippen molar-refractivity contribution in [2.75, 3.05) is 0 Å². The second-order valence-corrected chi connectivity index (χ2v) is 0. The van der Waals surface area contributed by atoms with Crippen molar-refractivity contribution in [2.24, 2.45) is 0 Å². The summed E-state index contributed by atoms with van der Waals surface area (Å²) in [6.45, 7) is 0. The Kier molecular flexibility index (Phi) is 431. The maximum Gasteiger partial charge on any atom is 3.00 e. The van der Waals surface area contributed by atoms with Crippen LogP contribution in [0.1, 0.15) is 0 Å². The molecule has 0 unspecified atom stereocenters. The minimum Gasteiger partial charge on any atom is -0.412 e. The Morgan fingerprint density at radius 2 is 0.500 bits per heavy atom. The minimum absolute atomic E-state index is 0. The van der Waals surface area contributed by atoms with Crippen molar-refractivity contribution >= 4 is 0 Å². The van der Waals surface area contributed by atoms with Crippen LogP contribution in [0.4, 0.5) is 0 Å². The zero-order chi connectivity index (χ0) is 0. The fourth-order valence-electron chi connectivity index (χ4n) is 0. The van der Waals surface area contributed by atoms with Crippen LogP contribution in [0, 0.1) is 41.7 Å². The molecule has 1 radical (unpaired) electrons. The molecule has 25 valence electrons. The summed E-state index contributed by atoms with van der Waals surface area (Å²) in [7, 11) is 0. The molecule has 0 bridgehead atoms. The van der Waals surface area contributed by atoms with Crippen molar-refractivity contribution in [3.05, 3.63) is 0 Å². The molecular formula is H6CeO3+3. The van der Waals surface area contributed by atoms with Crippen molar-refractivity contribution < 1.29 is 58.2 Å². The first-order chi connectivity index (χ1) is 0. The molecule has 0 heterocycles. The molecule has 3 nitrogen and oxygen atoms in total. The van der Waals surface area contributed by atoms with Crippen LogP contribution in [-0.2, 0) is 0 Å². The zero-order valence-corrected chi connectivity index (χ0v) is 5.14. The third kappa shape index (κ3) is 10.5. The summed E-state index contributed by atoms with van der Waals surface area (Å²) in [5, 5.41) is 0. The molecule has 0 fully saturated rings. The maximum atomic E-state index is 0. The second-order valence-electron chi connectivity index (χ2n) is 0. The molecule has 0 atom stereocenters. The molecule has 0 aromatic rings. The third-order valence-electron chi connectivity index (χ3n) is 0. The fraction of sp³-hybridized carbons (Fsp3) is 0. The molecule has 0 aromatic carbocycles. The number of rotatable bonds is 0. The van der Waals surface area contributed by atoms with Crippen LogP contribution in [-0.4, -0.2) is 16.4 Å². The van der Waals surface area contributed by atoms with Crippen LogP contribution in [0.2, 0.25) is 0 Å². The van der Waals surface area contributed by atoms with Gasteiger partial charge in [-0.2, -0.15) is 0 Å². The van der Waals surface area contributed by atoms with Gasteiger partial charge in [0.2, 0.25) is 0 Å². The van der Waals surface area contributed by atoms with Gasteiger partial charge in [0.05, 0.1) is 0 Å². The average molecular weight is 194 g/mol. The SMILES string of the molecule is O.O.O.[Ce+3]. The molecule has 0 saturated carbocycles. The van der Waals surface area contributed by atoms with E-state index in [0.717, 1.165) is 0 Å². The summed E-state index contributed by atoms with van der Waals surface area (Å²) < 4.78 is 0. The summed E-state index contributed by atoms with van der Waals surface area (Å²) >= 11 is 0. The summed E-state index contributed by atoms with van der Waals surface area (Å²) in [6, 6.07) is 0. The topological polar surface area (TPSA) is 94.5 Å². The predicted octanol–water partition coefficient (Wildman–Crippen LogP) is -2.47. The molecule has 0 aliphatic rings. The van der Waals surface area contributed by atoms with Crippen LogP contribution in [0.5, 0.6) is 0 Å². The molecule has 0 saturated heterocycles. The van der Waals surface area contributed by atoms with E-state index < -0.39 is 0 Å². The van der Waals surface area contributed by atoms with Crippen LogP contribution in [0.25, 0.3) is 0 Å². The first-order valence-electron chi connectivity index (χ1n) is 0. The first kappa shape index (κ1) is 60.3. The first-order valence-corrected chi connectivity index (χ1v) is 0. The van der Waals surface area contributed by atoms with Gasteiger partial charge in [-0.15, -0.1) is 0 Å². The van der Waals surface area contributed by atoms with Gasteiger partial charge >= 0.3 is 41.7 Å². The summed E-state index contributed by atoms with van der Waals surface area (Å²) in [6.07, 6.45) is 0. The van der Waals surface area contributed by atoms with Gasteiger partial charge in [0, 0.05) is 0 Å². The standard InChI is InChI=1S/Ce.3H2O/h;3*1H2/q+3;;;. The van der Waals surface area contributed by atoms with Gasteiger partial charge in [0.1, 0.15) is 0 Å². The Hall–Kier alpha value is 1.26. The van der Waals surface area contributed by atoms with E-state index in [1.807, 2.05) is 0 Å². The van der Waals surface area contributed by atoms with Crippen LogP contribution < -0.4 is 0 Å². The molecule has 0 rings (SSSR count). The Bertz CT molecular complexity index is 3.25. The molecule has 0 amide bonds. The van der Waals surface area contributed by atoms with Crippen LogP contribution in [0.3, 0.4) is 0 Å². The summed E-state index contributed by atoms with van der Waals surface area (Å²) in [5.74, 6) is 0. The van der Waals surface area contributed by atoms with E-state index in [0.29, 0.717) is 0 Å². The number of hydrogen-bond acceptors (Lipinski definition) is 0. The third-order valence-corrected chi connectivity index (χ3v) is 0. The second kappa shape index (κ2) is 28.6. The molecule has 0 aliphatic heterocycles. The van der Waals surface area contributed by atoms with Gasteiger partial charge in [-0.05, 0) is 0 Å². The van der Waals surface area contributed by atoms with Crippen molar-refractivity contribution in [1.29, 1.82) is 0 Å². The van der Waals surface area contributed by atoms with E-state index in [1.54, 1.807) is 0 Å². The molecule has 0 aromatic heterocycles. The molecule has 4 heteroatoms. The molecular weight excluding hydrogens is 188 g/mol. The quantitative estimate of drug-likeness (QED) is 0.408. The van der Waals surface area contributed by atoms with Crippen LogP contribution >= 0.6 is 0 Å². The van der Waals surface area contributed by atoms with Crippen molar-refractivity contribution in [1.82, 2.24) is 0 Å². The summed E-state index contributed by atoms with van der Waals surface area (Å²) in [4.78, 5) is 0. The van der Waals surface area contributed by atoms with Gasteiger partial charge < -0.3 is 16.4 Å². The monoisotopic (exact) mass is 194 g/mol. The van der Waals surface area contributed by atoms with Gasteiger partial charge in [0.25, 0.3) is 0 Å². The van der Waals surface area contributed by atoms with E-state index in [4.69, 9.17) is 0 Å². The van der Waals surface area contributed by atoms with E-state index in [2.05, 4.69) is 0 Å². The molecule has 0 spiro atoms. The van der Waals surface area contributed by atoms with Gasteiger partial charge in [-0.1, -0.05) is 0 Å². The largest absolute Gasteiger partial charge is 3.00 e. The van der Waals surface area contributed by atoms with Gasteiger partial charge in [-0.25, -0.2) is 0 Å². The zero-order valence-electron chi connectivity index (χ0n) is 2.00. The smallest absolute Gasteiger partial charge is 0.412 e. The van der Waals surface area contributed by atoms with Crippen molar-refractivity contribution in [3.8, 4) is 0 Å². The normalized spacial score (nSPS) is 0. The molecule has 4 heavy (non-hydrogen) atoms. The average Bonchev–Trinajstić information content (AvgIpc) is 0. The fourth-order valence-corrected chi connectivity index (χ4v) is 0. The van der Waals surface area contributed by atoms with Gasteiger partial charge in [-0.3, -0.25) is 0 Å². The predicted molar refractivity (Wildman–Crippen MR) is 10.8 cm³/mol.